The van der Waals surface area contributed by atoms with Crippen molar-refractivity contribution in [2.75, 3.05) is 46.4 Å². The molecule has 3 heteroatoms. The Hall–Kier alpha value is -0.120. The first kappa shape index (κ1) is 13.3. The van der Waals surface area contributed by atoms with Gasteiger partial charge in [0.1, 0.15) is 0 Å². The van der Waals surface area contributed by atoms with E-state index in [0.29, 0.717) is 11.0 Å². The molecule has 0 amide bonds. The highest BCUT2D eigenvalue weighted by Gasteiger charge is 2.47. The average Bonchev–Trinajstić information content (AvgIpc) is 2.22. The lowest BCUT2D eigenvalue weighted by Gasteiger charge is -2.58. The molecule has 0 radical (unpaired) electrons. The van der Waals surface area contributed by atoms with Gasteiger partial charge in [-0.25, -0.2) is 0 Å². The summed E-state index contributed by atoms with van der Waals surface area (Å²) in [5.41, 5.74) is 1.01. The van der Waals surface area contributed by atoms with E-state index in [1.54, 1.807) is 7.11 Å². The van der Waals surface area contributed by atoms with Crippen LogP contribution >= 0.6 is 0 Å². The van der Waals surface area contributed by atoms with Crippen molar-refractivity contribution in [3.63, 3.8) is 0 Å². The Morgan fingerprint density at radius 2 is 1.71 bits per heavy atom. The molecule has 0 N–H and O–H groups in total. The molecule has 17 heavy (non-hydrogen) atoms. The van der Waals surface area contributed by atoms with E-state index in [9.17, 15) is 0 Å². The van der Waals surface area contributed by atoms with E-state index in [-0.39, 0.29) is 0 Å². The summed E-state index contributed by atoms with van der Waals surface area (Å²) in [7, 11) is 1.79. The normalized spacial score (nSPS) is 26.1. The molecular formula is C14H28N2O. The fourth-order valence-electron chi connectivity index (χ4n) is 3.03. The van der Waals surface area contributed by atoms with Crippen molar-refractivity contribution in [1.29, 1.82) is 0 Å². The van der Waals surface area contributed by atoms with Gasteiger partial charge in [0, 0.05) is 32.3 Å². The van der Waals surface area contributed by atoms with Gasteiger partial charge in [-0.05, 0) is 52.1 Å². The number of ether oxygens (including phenoxy) is 1. The van der Waals surface area contributed by atoms with Crippen LogP contribution in [0.15, 0.2) is 0 Å². The molecule has 100 valence electrons. The van der Waals surface area contributed by atoms with Gasteiger partial charge in [0.25, 0.3) is 0 Å². The minimum Gasteiger partial charge on any atom is -0.383 e. The Bertz CT molecular complexity index is 243. The van der Waals surface area contributed by atoms with E-state index in [1.807, 2.05) is 0 Å². The first-order valence-corrected chi connectivity index (χ1v) is 6.92. The van der Waals surface area contributed by atoms with E-state index >= 15 is 0 Å². The summed E-state index contributed by atoms with van der Waals surface area (Å²) in [6, 6.07) is 0. The van der Waals surface area contributed by atoms with Crippen LogP contribution in [-0.4, -0.2) is 61.8 Å². The van der Waals surface area contributed by atoms with Gasteiger partial charge in [-0.2, -0.15) is 0 Å². The van der Waals surface area contributed by atoms with E-state index < -0.39 is 0 Å². The fraction of sp³-hybridized carbons (Fsp3) is 1.00. The number of piperidine rings is 1. The number of hydrogen-bond donors (Lipinski definition) is 0. The SMILES string of the molecule is COCCN1CCC2(CC1)CN(C(C)(C)C)C2. The topological polar surface area (TPSA) is 15.7 Å². The summed E-state index contributed by atoms with van der Waals surface area (Å²) in [5.74, 6) is 0. The molecule has 0 bridgehead atoms. The molecule has 2 aliphatic heterocycles. The summed E-state index contributed by atoms with van der Waals surface area (Å²) >= 11 is 0. The lowest BCUT2D eigenvalue weighted by atomic mass is 9.70. The first-order valence-electron chi connectivity index (χ1n) is 6.92. The second-order valence-corrected chi connectivity index (χ2v) is 6.86. The first-order chi connectivity index (χ1) is 7.95. The van der Waals surface area contributed by atoms with E-state index in [0.717, 1.165) is 13.2 Å². The van der Waals surface area contributed by atoms with Crippen molar-refractivity contribution in [3.05, 3.63) is 0 Å². The van der Waals surface area contributed by atoms with Crippen LogP contribution in [0.4, 0.5) is 0 Å². The van der Waals surface area contributed by atoms with Gasteiger partial charge < -0.3 is 9.64 Å². The summed E-state index contributed by atoms with van der Waals surface area (Å²) in [4.78, 5) is 5.17. The van der Waals surface area contributed by atoms with Crippen LogP contribution in [0.25, 0.3) is 0 Å². The lowest BCUT2D eigenvalue weighted by Crippen LogP contribution is -2.65. The Balaban J connectivity index is 1.74. The van der Waals surface area contributed by atoms with Crippen LogP contribution in [-0.2, 0) is 4.74 Å². The number of rotatable bonds is 3. The predicted molar refractivity (Wildman–Crippen MR) is 71.3 cm³/mol. The van der Waals surface area contributed by atoms with Gasteiger partial charge in [0.05, 0.1) is 6.61 Å². The van der Waals surface area contributed by atoms with Crippen molar-refractivity contribution >= 4 is 0 Å². The van der Waals surface area contributed by atoms with Crippen molar-refractivity contribution < 1.29 is 4.74 Å². The number of likely N-dealkylation sites (tertiary alicyclic amines) is 2. The zero-order valence-corrected chi connectivity index (χ0v) is 12.0. The third-order valence-corrected chi connectivity index (χ3v) is 4.53. The van der Waals surface area contributed by atoms with Gasteiger partial charge in [-0.3, -0.25) is 4.90 Å². The maximum atomic E-state index is 5.15. The molecule has 1 spiro atoms. The average molecular weight is 240 g/mol. The standard InChI is InChI=1S/C14H28N2O/c1-13(2,3)16-11-14(12-16)5-7-15(8-6-14)9-10-17-4/h5-12H2,1-4H3. The molecule has 0 unspecified atom stereocenters. The summed E-state index contributed by atoms with van der Waals surface area (Å²) in [6.45, 7) is 14.1. The second-order valence-electron chi connectivity index (χ2n) is 6.86. The van der Waals surface area contributed by atoms with E-state index in [2.05, 4.69) is 30.6 Å². The highest BCUT2D eigenvalue weighted by atomic mass is 16.5. The lowest BCUT2D eigenvalue weighted by molar-refractivity contribution is -0.0911. The molecule has 2 saturated heterocycles. The van der Waals surface area contributed by atoms with Crippen LogP contribution in [0, 0.1) is 5.41 Å². The van der Waals surface area contributed by atoms with Crippen LogP contribution in [0.5, 0.6) is 0 Å². The summed E-state index contributed by atoms with van der Waals surface area (Å²) in [6.07, 6.45) is 2.76. The Morgan fingerprint density at radius 3 is 2.18 bits per heavy atom. The van der Waals surface area contributed by atoms with E-state index in [1.165, 1.54) is 39.0 Å². The predicted octanol–water partition coefficient (Wildman–Crippen LogP) is 1.83. The van der Waals surface area contributed by atoms with Crippen LogP contribution in [0.3, 0.4) is 0 Å². The molecule has 0 aromatic heterocycles. The Labute approximate surface area is 106 Å². The monoisotopic (exact) mass is 240 g/mol. The smallest absolute Gasteiger partial charge is 0.0589 e. The molecule has 0 aliphatic carbocycles. The molecule has 2 rings (SSSR count). The Morgan fingerprint density at radius 1 is 1.12 bits per heavy atom. The van der Waals surface area contributed by atoms with Gasteiger partial charge in [-0.1, -0.05) is 0 Å². The quantitative estimate of drug-likeness (QED) is 0.748. The zero-order valence-electron chi connectivity index (χ0n) is 12.0. The third-order valence-electron chi connectivity index (χ3n) is 4.53. The van der Waals surface area contributed by atoms with Crippen molar-refractivity contribution in [2.24, 2.45) is 5.41 Å². The molecule has 2 heterocycles. The maximum Gasteiger partial charge on any atom is 0.0589 e. The molecule has 2 fully saturated rings. The zero-order chi connectivity index (χ0) is 12.5. The van der Waals surface area contributed by atoms with Crippen LogP contribution < -0.4 is 0 Å². The van der Waals surface area contributed by atoms with Gasteiger partial charge in [0.2, 0.25) is 0 Å². The van der Waals surface area contributed by atoms with Gasteiger partial charge in [0.15, 0.2) is 0 Å². The molecule has 0 aromatic carbocycles. The summed E-state index contributed by atoms with van der Waals surface area (Å²) in [5, 5.41) is 0. The van der Waals surface area contributed by atoms with Gasteiger partial charge in [-0.15, -0.1) is 0 Å². The maximum absolute atomic E-state index is 5.15. The number of nitrogens with zero attached hydrogens (tertiary/aromatic N) is 2. The van der Waals surface area contributed by atoms with Crippen LogP contribution in [0.1, 0.15) is 33.6 Å². The molecule has 2 aliphatic rings. The Kier molecular flexibility index (Phi) is 3.81. The molecule has 0 saturated carbocycles. The van der Waals surface area contributed by atoms with E-state index in [4.69, 9.17) is 4.74 Å². The van der Waals surface area contributed by atoms with Crippen molar-refractivity contribution in [2.45, 2.75) is 39.2 Å². The fourth-order valence-corrected chi connectivity index (χ4v) is 3.03. The highest BCUT2D eigenvalue weighted by Crippen LogP contribution is 2.43. The van der Waals surface area contributed by atoms with Crippen LogP contribution in [0.2, 0.25) is 0 Å². The summed E-state index contributed by atoms with van der Waals surface area (Å²) < 4.78 is 5.15. The van der Waals surface area contributed by atoms with Crippen molar-refractivity contribution in [3.8, 4) is 0 Å². The largest absolute Gasteiger partial charge is 0.383 e. The van der Waals surface area contributed by atoms with Crippen molar-refractivity contribution in [1.82, 2.24) is 9.80 Å². The minimum atomic E-state index is 0.360. The molecule has 0 atom stereocenters. The third kappa shape index (κ3) is 3.01. The molecular weight excluding hydrogens is 212 g/mol. The number of methoxy groups -OCH3 is 1. The number of hydrogen-bond acceptors (Lipinski definition) is 3. The minimum absolute atomic E-state index is 0.360. The second kappa shape index (κ2) is 4.87. The highest BCUT2D eigenvalue weighted by molar-refractivity contribution is 5.01. The van der Waals surface area contributed by atoms with Gasteiger partial charge >= 0.3 is 0 Å². The molecule has 3 nitrogen and oxygen atoms in total. The molecule has 0 aromatic rings.